The Labute approximate surface area is 88.1 Å². The molecule has 0 spiro atoms. The molecule has 2 aliphatic heterocycles. The van der Waals surface area contributed by atoms with Gasteiger partial charge in [-0.3, -0.25) is 0 Å². The van der Waals surface area contributed by atoms with Crippen molar-refractivity contribution in [2.24, 2.45) is 11.8 Å². The Morgan fingerprint density at radius 1 is 1.21 bits per heavy atom. The van der Waals surface area contributed by atoms with E-state index >= 15 is 0 Å². The summed E-state index contributed by atoms with van der Waals surface area (Å²) >= 11 is 0. The largest absolute Gasteiger partial charge is 0.317 e. The molecule has 2 aliphatic rings. The van der Waals surface area contributed by atoms with Crippen LogP contribution in [0.4, 0.5) is 0 Å². The fourth-order valence-electron chi connectivity index (χ4n) is 2.88. The first-order valence-corrected chi connectivity index (χ1v) is 6.27. The molecule has 0 aliphatic carbocycles. The van der Waals surface area contributed by atoms with Crippen molar-refractivity contribution in [2.45, 2.75) is 32.6 Å². The number of rotatable bonds is 2. The molecule has 0 radical (unpaired) electrons. The maximum Gasteiger partial charge on any atom is 0.00107 e. The maximum absolute atomic E-state index is 3.44. The van der Waals surface area contributed by atoms with E-state index in [-0.39, 0.29) is 0 Å². The summed E-state index contributed by atoms with van der Waals surface area (Å²) in [4.78, 5) is 2.70. The van der Waals surface area contributed by atoms with Gasteiger partial charge >= 0.3 is 0 Å². The molecular weight excluding hydrogens is 172 g/mol. The Hall–Kier alpha value is -0.0800. The fourth-order valence-corrected chi connectivity index (χ4v) is 2.88. The summed E-state index contributed by atoms with van der Waals surface area (Å²) in [6.07, 6.45) is 5.66. The van der Waals surface area contributed by atoms with Crippen LogP contribution in [-0.2, 0) is 0 Å². The highest BCUT2D eigenvalue weighted by Gasteiger charge is 2.20. The lowest BCUT2D eigenvalue weighted by molar-refractivity contribution is 0.147. The van der Waals surface area contributed by atoms with Crippen LogP contribution in [0.25, 0.3) is 0 Å². The van der Waals surface area contributed by atoms with Gasteiger partial charge in [0.05, 0.1) is 0 Å². The second kappa shape index (κ2) is 5.13. The predicted octanol–water partition coefficient (Wildman–Crippen LogP) is 1.72. The minimum Gasteiger partial charge on any atom is -0.317 e. The molecule has 2 fully saturated rings. The van der Waals surface area contributed by atoms with Gasteiger partial charge in [0.2, 0.25) is 0 Å². The first-order valence-electron chi connectivity index (χ1n) is 6.27. The molecule has 0 amide bonds. The molecule has 2 heteroatoms. The fraction of sp³-hybridized carbons (Fsp3) is 1.00. The summed E-state index contributed by atoms with van der Waals surface area (Å²) < 4.78 is 0. The highest BCUT2D eigenvalue weighted by Crippen LogP contribution is 2.19. The van der Waals surface area contributed by atoms with Crippen LogP contribution in [0, 0.1) is 11.8 Å². The van der Waals surface area contributed by atoms with E-state index in [1.807, 2.05) is 0 Å². The van der Waals surface area contributed by atoms with Crippen molar-refractivity contribution in [3.63, 3.8) is 0 Å². The zero-order valence-electron chi connectivity index (χ0n) is 9.47. The smallest absolute Gasteiger partial charge is 0.00107 e. The lowest BCUT2D eigenvalue weighted by Crippen LogP contribution is -2.40. The third-order valence-electron chi connectivity index (χ3n) is 3.72. The molecular formula is C12H24N2. The van der Waals surface area contributed by atoms with E-state index in [9.17, 15) is 0 Å². The lowest BCUT2D eigenvalue weighted by Gasteiger charge is -2.35. The van der Waals surface area contributed by atoms with Crippen molar-refractivity contribution in [3.8, 4) is 0 Å². The monoisotopic (exact) mass is 196 g/mol. The first-order chi connectivity index (χ1) is 6.84. The molecule has 2 rings (SSSR count). The van der Waals surface area contributed by atoms with Crippen molar-refractivity contribution in [3.05, 3.63) is 0 Å². The molecule has 0 aromatic carbocycles. The number of nitrogens with one attached hydrogen (secondary N) is 1. The standard InChI is InChI=1S/C12H24N2/c1-11-3-2-8-14(9-11)10-12-4-6-13-7-5-12/h11-13H,2-10H2,1H3. The molecule has 0 saturated carbocycles. The summed E-state index contributed by atoms with van der Waals surface area (Å²) in [5.41, 5.74) is 0. The van der Waals surface area contributed by atoms with Gasteiger partial charge in [0, 0.05) is 13.1 Å². The van der Waals surface area contributed by atoms with Crippen molar-refractivity contribution < 1.29 is 0 Å². The Balaban J connectivity index is 1.72. The summed E-state index contributed by atoms with van der Waals surface area (Å²) in [5.74, 6) is 1.91. The third kappa shape index (κ3) is 2.96. The van der Waals surface area contributed by atoms with Crippen LogP contribution in [-0.4, -0.2) is 37.6 Å². The van der Waals surface area contributed by atoms with E-state index in [0.29, 0.717) is 0 Å². The Bertz CT molecular complexity index is 164. The van der Waals surface area contributed by atoms with Gasteiger partial charge in [0.15, 0.2) is 0 Å². The summed E-state index contributed by atoms with van der Waals surface area (Å²) in [5, 5.41) is 3.44. The Morgan fingerprint density at radius 2 is 2.00 bits per heavy atom. The zero-order valence-corrected chi connectivity index (χ0v) is 9.47. The number of likely N-dealkylation sites (tertiary alicyclic amines) is 1. The summed E-state index contributed by atoms with van der Waals surface area (Å²) in [6, 6.07) is 0. The molecule has 2 nitrogen and oxygen atoms in total. The van der Waals surface area contributed by atoms with Crippen LogP contribution >= 0.6 is 0 Å². The van der Waals surface area contributed by atoms with Crippen molar-refractivity contribution >= 4 is 0 Å². The molecule has 1 unspecified atom stereocenters. The topological polar surface area (TPSA) is 15.3 Å². The highest BCUT2D eigenvalue weighted by molar-refractivity contribution is 4.76. The van der Waals surface area contributed by atoms with Gasteiger partial charge in [-0.15, -0.1) is 0 Å². The molecule has 0 aromatic rings. The van der Waals surface area contributed by atoms with Crippen molar-refractivity contribution in [1.82, 2.24) is 10.2 Å². The number of piperidine rings is 2. The van der Waals surface area contributed by atoms with Crippen LogP contribution in [0.15, 0.2) is 0 Å². The van der Waals surface area contributed by atoms with Gasteiger partial charge in [-0.05, 0) is 57.2 Å². The molecule has 2 heterocycles. The lowest BCUT2D eigenvalue weighted by atomic mass is 9.94. The van der Waals surface area contributed by atoms with Gasteiger partial charge in [0.25, 0.3) is 0 Å². The van der Waals surface area contributed by atoms with Crippen LogP contribution in [0.2, 0.25) is 0 Å². The number of hydrogen-bond acceptors (Lipinski definition) is 2. The number of nitrogens with zero attached hydrogens (tertiary/aromatic N) is 1. The second-order valence-corrected chi connectivity index (χ2v) is 5.20. The molecule has 1 N–H and O–H groups in total. The van der Waals surface area contributed by atoms with E-state index in [1.165, 1.54) is 58.4 Å². The third-order valence-corrected chi connectivity index (χ3v) is 3.72. The van der Waals surface area contributed by atoms with Crippen LogP contribution < -0.4 is 5.32 Å². The van der Waals surface area contributed by atoms with E-state index in [2.05, 4.69) is 17.1 Å². The second-order valence-electron chi connectivity index (χ2n) is 5.20. The quantitative estimate of drug-likeness (QED) is 0.723. The average Bonchev–Trinajstić information content (AvgIpc) is 2.19. The average molecular weight is 196 g/mol. The van der Waals surface area contributed by atoms with Crippen LogP contribution in [0.5, 0.6) is 0 Å². The van der Waals surface area contributed by atoms with Crippen LogP contribution in [0.3, 0.4) is 0 Å². The van der Waals surface area contributed by atoms with Gasteiger partial charge in [-0.25, -0.2) is 0 Å². The van der Waals surface area contributed by atoms with E-state index in [0.717, 1.165) is 11.8 Å². The molecule has 82 valence electrons. The van der Waals surface area contributed by atoms with Crippen molar-refractivity contribution in [1.29, 1.82) is 0 Å². The van der Waals surface area contributed by atoms with E-state index < -0.39 is 0 Å². The highest BCUT2D eigenvalue weighted by atomic mass is 15.1. The van der Waals surface area contributed by atoms with E-state index in [1.54, 1.807) is 0 Å². The van der Waals surface area contributed by atoms with Gasteiger partial charge < -0.3 is 10.2 Å². The summed E-state index contributed by atoms with van der Waals surface area (Å²) in [7, 11) is 0. The van der Waals surface area contributed by atoms with E-state index in [4.69, 9.17) is 0 Å². The maximum atomic E-state index is 3.44. The molecule has 2 saturated heterocycles. The zero-order chi connectivity index (χ0) is 9.80. The normalized spacial score (nSPS) is 31.9. The Kier molecular flexibility index (Phi) is 3.82. The first kappa shape index (κ1) is 10.4. The molecule has 0 bridgehead atoms. The summed E-state index contributed by atoms with van der Waals surface area (Å²) in [6.45, 7) is 8.96. The van der Waals surface area contributed by atoms with Gasteiger partial charge in [-0.1, -0.05) is 6.92 Å². The van der Waals surface area contributed by atoms with Gasteiger partial charge in [0.1, 0.15) is 0 Å². The van der Waals surface area contributed by atoms with Gasteiger partial charge in [-0.2, -0.15) is 0 Å². The number of hydrogen-bond donors (Lipinski definition) is 1. The molecule has 1 atom stereocenters. The molecule has 0 aromatic heterocycles. The molecule has 14 heavy (non-hydrogen) atoms. The Morgan fingerprint density at radius 3 is 2.71 bits per heavy atom. The van der Waals surface area contributed by atoms with Crippen LogP contribution in [0.1, 0.15) is 32.6 Å². The SMILES string of the molecule is CC1CCCN(CC2CCNCC2)C1. The predicted molar refractivity (Wildman–Crippen MR) is 60.4 cm³/mol. The minimum atomic E-state index is 0.936. The van der Waals surface area contributed by atoms with Crippen molar-refractivity contribution in [2.75, 3.05) is 32.7 Å². The minimum absolute atomic E-state index is 0.936.